The van der Waals surface area contributed by atoms with Gasteiger partial charge in [-0.3, -0.25) is 4.79 Å². The summed E-state index contributed by atoms with van der Waals surface area (Å²) in [6.45, 7) is 12.5. The van der Waals surface area contributed by atoms with E-state index in [1.165, 1.54) is 12.5 Å². The van der Waals surface area contributed by atoms with Crippen molar-refractivity contribution in [3.8, 4) is 0 Å². The molecular weight excluding hydrogens is 236 g/mol. The van der Waals surface area contributed by atoms with Crippen LogP contribution in [0.25, 0.3) is 0 Å². The molecule has 2 nitrogen and oxygen atoms in total. The fraction of sp³-hybridized carbons (Fsp3) is 0.706. The number of hydrogen-bond donors (Lipinski definition) is 0. The third-order valence-corrected chi connectivity index (χ3v) is 4.95. The number of allylic oxidation sites excluding steroid dienone is 2. The molecule has 0 aromatic heterocycles. The number of hydrogen-bond acceptors (Lipinski definition) is 2. The molecule has 2 aliphatic rings. The average Bonchev–Trinajstić information content (AvgIpc) is 2.27. The summed E-state index contributed by atoms with van der Waals surface area (Å²) in [5.74, 6) is 1.10. The monoisotopic (exact) mass is 262 g/mol. The maximum absolute atomic E-state index is 11.5. The van der Waals surface area contributed by atoms with Gasteiger partial charge in [-0.1, -0.05) is 45.1 Å². The van der Waals surface area contributed by atoms with Crippen molar-refractivity contribution in [2.45, 2.75) is 53.1 Å². The highest BCUT2D eigenvalue weighted by Crippen LogP contribution is 2.52. The fourth-order valence-electron chi connectivity index (χ4n) is 3.97. The first-order valence-electron chi connectivity index (χ1n) is 7.38. The van der Waals surface area contributed by atoms with Crippen LogP contribution in [0, 0.1) is 23.2 Å². The van der Waals surface area contributed by atoms with Gasteiger partial charge in [0.2, 0.25) is 0 Å². The third kappa shape index (κ3) is 2.63. The van der Waals surface area contributed by atoms with Crippen LogP contribution in [0.3, 0.4) is 0 Å². The Morgan fingerprint density at radius 3 is 2.79 bits per heavy atom. The molecule has 106 valence electrons. The highest BCUT2D eigenvalue weighted by atomic mass is 16.5. The van der Waals surface area contributed by atoms with E-state index in [0.717, 1.165) is 19.3 Å². The zero-order chi connectivity index (χ0) is 14.2. The molecular formula is C17H26O2. The van der Waals surface area contributed by atoms with Crippen LogP contribution in [0.15, 0.2) is 24.3 Å². The Balaban J connectivity index is 2.36. The third-order valence-electron chi connectivity index (χ3n) is 4.95. The summed E-state index contributed by atoms with van der Waals surface area (Å²) in [6, 6.07) is 0. The van der Waals surface area contributed by atoms with Crippen LogP contribution < -0.4 is 0 Å². The Kier molecular flexibility index (Phi) is 3.89. The number of esters is 1. The van der Waals surface area contributed by atoms with E-state index in [0.29, 0.717) is 11.8 Å². The van der Waals surface area contributed by atoms with Crippen molar-refractivity contribution in [2.75, 3.05) is 0 Å². The molecule has 0 unspecified atom stereocenters. The van der Waals surface area contributed by atoms with Crippen LogP contribution in [-0.4, -0.2) is 12.1 Å². The summed E-state index contributed by atoms with van der Waals surface area (Å²) in [5.41, 5.74) is 1.34. The van der Waals surface area contributed by atoms with Gasteiger partial charge in [-0.2, -0.15) is 0 Å². The maximum atomic E-state index is 11.5. The van der Waals surface area contributed by atoms with Crippen LogP contribution in [0.2, 0.25) is 0 Å². The van der Waals surface area contributed by atoms with Gasteiger partial charge in [-0.05, 0) is 36.5 Å². The van der Waals surface area contributed by atoms with E-state index >= 15 is 0 Å². The van der Waals surface area contributed by atoms with Crippen molar-refractivity contribution in [1.82, 2.24) is 0 Å². The van der Waals surface area contributed by atoms with Crippen molar-refractivity contribution in [3.05, 3.63) is 24.3 Å². The summed E-state index contributed by atoms with van der Waals surface area (Å²) >= 11 is 0. The van der Waals surface area contributed by atoms with Gasteiger partial charge in [0.05, 0.1) is 0 Å². The molecule has 0 saturated heterocycles. The molecule has 0 radical (unpaired) electrons. The Morgan fingerprint density at radius 2 is 2.21 bits per heavy atom. The number of ether oxygens (including phenoxy) is 1. The van der Waals surface area contributed by atoms with Crippen molar-refractivity contribution in [1.29, 1.82) is 0 Å². The number of rotatable bonds is 2. The second-order valence-corrected chi connectivity index (χ2v) is 6.77. The van der Waals surface area contributed by atoms with Crippen LogP contribution >= 0.6 is 0 Å². The molecule has 0 bridgehead atoms. The molecule has 19 heavy (non-hydrogen) atoms. The van der Waals surface area contributed by atoms with Gasteiger partial charge < -0.3 is 4.74 Å². The van der Waals surface area contributed by atoms with E-state index in [-0.39, 0.29) is 23.4 Å². The van der Waals surface area contributed by atoms with Gasteiger partial charge in [-0.25, -0.2) is 0 Å². The van der Waals surface area contributed by atoms with E-state index in [1.54, 1.807) is 0 Å². The standard InChI is InChI=1S/C17H26O2/c1-11(2)14-8-10-17(5)9-6-7-12(3)15(17)16(14)19-13(4)18/h6,9,11,14-16H,3,7-8,10H2,1-2,4-5H3/t14-,15-,16+,17-/m1/s1. The first-order chi connectivity index (χ1) is 8.85. The first-order valence-corrected chi connectivity index (χ1v) is 7.38. The van der Waals surface area contributed by atoms with Gasteiger partial charge in [-0.15, -0.1) is 0 Å². The second-order valence-electron chi connectivity index (χ2n) is 6.77. The Labute approximate surface area is 116 Å². The molecule has 0 amide bonds. The van der Waals surface area contributed by atoms with E-state index < -0.39 is 0 Å². The van der Waals surface area contributed by atoms with Crippen molar-refractivity contribution < 1.29 is 9.53 Å². The summed E-state index contributed by atoms with van der Waals surface area (Å²) in [6.07, 6.45) is 7.74. The topological polar surface area (TPSA) is 26.3 Å². The number of fused-ring (bicyclic) bond motifs is 1. The fourth-order valence-corrected chi connectivity index (χ4v) is 3.97. The molecule has 4 atom stereocenters. The van der Waals surface area contributed by atoms with Gasteiger partial charge in [0.1, 0.15) is 6.10 Å². The summed E-state index contributed by atoms with van der Waals surface area (Å²) in [4.78, 5) is 11.5. The quantitative estimate of drug-likeness (QED) is 0.552. The minimum Gasteiger partial charge on any atom is -0.462 e. The lowest BCUT2D eigenvalue weighted by Crippen LogP contribution is -2.49. The van der Waals surface area contributed by atoms with Crippen molar-refractivity contribution >= 4 is 5.97 Å². The molecule has 2 heteroatoms. The molecule has 1 saturated carbocycles. The molecule has 0 N–H and O–H groups in total. The van der Waals surface area contributed by atoms with Gasteiger partial charge in [0.25, 0.3) is 0 Å². The van der Waals surface area contributed by atoms with Crippen LogP contribution in [0.5, 0.6) is 0 Å². The Hall–Kier alpha value is -1.05. The zero-order valence-corrected chi connectivity index (χ0v) is 12.6. The van der Waals surface area contributed by atoms with E-state index in [9.17, 15) is 4.79 Å². The summed E-state index contributed by atoms with van der Waals surface area (Å²) in [5, 5.41) is 0. The van der Waals surface area contributed by atoms with Crippen LogP contribution in [-0.2, 0) is 9.53 Å². The lowest BCUT2D eigenvalue weighted by molar-refractivity contribution is -0.159. The largest absolute Gasteiger partial charge is 0.462 e. The van der Waals surface area contributed by atoms with E-state index in [1.807, 2.05) is 0 Å². The minimum absolute atomic E-state index is 0.00583. The smallest absolute Gasteiger partial charge is 0.302 e. The average molecular weight is 262 g/mol. The van der Waals surface area contributed by atoms with Gasteiger partial charge in [0.15, 0.2) is 0 Å². The van der Waals surface area contributed by atoms with Crippen molar-refractivity contribution in [2.24, 2.45) is 23.2 Å². The van der Waals surface area contributed by atoms with Crippen LogP contribution in [0.1, 0.15) is 47.0 Å². The maximum Gasteiger partial charge on any atom is 0.302 e. The Morgan fingerprint density at radius 1 is 1.53 bits per heavy atom. The lowest BCUT2D eigenvalue weighted by atomic mass is 9.56. The van der Waals surface area contributed by atoms with E-state index in [2.05, 4.69) is 39.5 Å². The molecule has 0 spiro atoms. The lowest BCUT2D eigenvalue weighted by Gasteiger charge is -2.51. The summed E-state index contributed by atoms with van der Waals surface area (Å²) < 4.78 is 5.74. The van der Waals surface area contributed by atoms with E-state index in [4.69, 9.17) is 4.74 Å². The number of carbonyl (C=O) groups excluding carboxylic acids is 1. The van der Waals surface area contributed by atoms with Gasteiger partial charge in [0, 0.05) is 12.8 Å². The van der Waals surface area contributed by atoms with Gasteiger partial charge >= 0.3 is 5.97 Å². The van der Waals surface area contributed by atoms with Crippen molar-refractivity contribution in [3.63, 3.8) is 0 Å². The molecule has 0 aromatic carbocycles. The molecule has 0 heterocycles. The first kappa shape index (κ1) is 14.4. The molecule has 1 fully saturated rings. The predicted octanol–water partition coefficient (Wildman–Crippen LogP) is 4.12. The molecule has 0 aliphatic heterocycles. The SMILES string of the molecule is C=C1CC=C[C@]2(C)CC[C@H](C(C)C)[C@H](OC(C)=O)[C@@H]12. The Bertz CT molecular complexity index is 407. The highest BCUT2D eigenvalue weighted by Gasteiger charge is 2.49. The molecule has 0 aromatic rings. The normalized spacial score (nSPS) is 38.2. The van der Waals surface area contributed by atoms with Crippen LogP contribution in [0.4, 0.5) is 0 Å². The zero-order valence-electron chi connectivity index (χ0n) is 12.6. The molecule has 2 aliphatic carbocycles. The molecule has 2 rings (SSSR count). The predicted molar refractivity (Wildman–Crippen MR) is 77.6 cm³/mol. The summed E-state index contributed by atoms with van der Waals surface area (Å²) in [7, 11) is 0. The minimum atomic E-state index is -0.165. The second kappa shape index (κ2) is 5.15. The highest BCUT2D eigenvalue weighted by molar-refractivity contribution is 5.66. The number of carbonyl (C=O) groups is 1.